The number of pyridine rings is 1. The number of aryl methyl sites for hydroxylation is 1. The first-order valence-electron chi connectivity index (χ1n) is 8.66. The van der Waals surface area contributed by atoms with Crippen LogP contribution in [0.5, 0.6) is 0 Å². The number of imidazole rings is 1. The third-order valence-corrected chi connectivity index (χ3v) is 5.31. The maximum absolute atomic E-state index is 5.62. The second-order valence-corrected chi connectivity index (χ2v) is 7.00. The third-order valence-electron chi connectivity index (χ3n) is 5.31. The first-order valence-corrected chi connectivity index (χ1v) is 8.66. The molecule has 0 aliphatic carbocycles. The largest absolute Gasteiger partial charge is 0.381 e. The van der Waals surface area contributed by atoms with Crippen molar-refractivity contribution in [3.8, 4) is 0 Å². The number of likely N-dealkylation sites (tertiary alicyclic amines) is 1. The van der Waals surface area contributed by atoms with E-state index in [4.69, 9.17) is 4.74 Å². The second-order valence-electron chi connectivity index (χ2n) is 7.00. The molecule has 0 radical (unpaired) electrons. The zero-order valence-corrected chi connectivity index (χ0v) is 14.5. The molecule has 1 spiro atoms. The van der Waals surface area contributed by atoms with Gasteiger partial charge in [-0.1, -0.05) is 6.07 Å². The average Bonchev–Trinajstić information content (AvgIpc) is 3.30. The van der Waals surface area contributed by atoms with Crippen LogP contribution in [0.25, 0.3) is 5.65 Å². The van der Waals surface area contributed by atoms with Gasteiger partial charge in [0.1, 0.15) is 5.65 Å². The number of guanidine groups is 1. The molecule has 2 aliphatic heterocycles. The van der Waals surface area contributed by atoms with E-state index in [1.54, 1.807) is 0 Å². The van der Waals surface area contributed by atoms with E-state index in [1.807, 2.05) is 19.2 Å². The van der Waals surface area contributed by atoms with Gasteiger partial charge in [-0.05, 0) is 31.9 Å². The third kappa shape index (κ3) is 2.75. The summed E-state index contributed by atoms with van der Waals surface area (Å²) in [6.07, 6.45) is 4.47. The number of ether oxygens (including phenoxy) is 1. The van der Waals surface area contributed by atoms with E-state index < -0.39 is 0 Å². The van der Waals surface area contributed by atoms with Crippen molar-refractivity contribution in [2.45, 2.75) is 26.3 Å². The summed E-state index contributed by atoms with van der Waals surface area (Å²) in [5, 5.41) is 3.47. The number of rotatable bonds is 2. The first-order chi connectivity index (χ1) is 11.7. The van der Waals surface area contributed by atoms with Crippen LogP contribution < -0.4 is 5.32 Å². The van der Waals surface area contributed by atoms with Crippen LogP contribution in [0.15, 0.2) is 29.4 Å². The van der Waals surface area contributed by atoms with E-state index in [0.29, 0.717) is 12.0 Å². The molecule has 0 amide bonds. The van der Waals surface area contributed by atoms with Gasteiger partial charge in [-0.15, -0.1) is 0 Å². The fourth-order valence-electron chi connectivity index (χ4n) is 3.87. The number of hydrogen-bond donors (Lipinski definition) is 1. The summed E-state index contributed by atoms with van der Waals surface area (Å²) in [5.41, 5.74) is 3.56. The smallest absolute Gasteiger partial charge is 0.193 e. The monoisotopic (exact) mass is 327 g/mol. The molecule has 6 heteroatoms. The van der Waals surface area contributed by atoms with E-state index >= 15 is 0 Å². The maximum Gasteiger partial charge on any atom is 0.193 e. The number of nitrogens with zero attached hydrogens (tertiary/aromatic N) is 4. The lowest BCUT2D eigenvalue weighted by atomic mass is 9.87. The summed E-state index contributed by atoms with van der Waals surface area (Å²) in [6.45, 7) is 6.67. The highest BCUT2D eigenvalue weighted by Crippen LogP contribution is 2.38. The van der Waals surface area contributed by atoms with Gasteiger partial charge in [-0.2, -0.15) is 0 Å². The molecule has 6 nitrogen and oxygen atoms in total. The summed E-state index contributed by atoms with van der Waals surface area (Å²) in [4.78, 5) is 11.5. The van der Waals surface area contributed by atoms with Crippen LogP contribution in [0.4, 0.5) is 0 Å². The van der Waals surface area contributed by atoms with Gasteiger partial charge in [0.05, 0.1) is 18.8 Å². The quantitative estimate of drug-likeness (QED) is 0.675. The second kappa shape index (κ2) is 6.09. The molecule has 2 aliphatic rings. The Bertz CT molecular complexity index is 760. The molecule has 2 aromatic rings. The molecule has 4 heterocycles. The molecule has 2 aromatic heterocycles. The van der Waals surface area contributed by atoms with Gasteiger partial charge in [0.25, 0.3) is 0 Å². The Balaban J connectivity index is 1.43. The molecule has 1 unspecified atom stereocenters. The minimum absolute atomic E-state index is 0.345. The van der Waals surface area contributed by atoms with E-state index in [0.717, 1.165) is 43.6 Å². The number of nitrogens with one attached hydrogen (secondary N) is 1. The van der Waals surface area contributed by atoms with E-state index in [1.165, 1.54) is 18.5 Å². The van der Waals surface area contributed by atoms with E-state index in [9.17, 15) is 0 Å². The Morgan fingerprint density at radius 2 is 2.33 bits per heavy atom. The normalized spacial score (nSPS) is 24.4. The highest BCUT2D eigenvalue weighted by Gasteiger charge is 2.42. The number of fused-ring (bicyclic) bond motifs is 1. The van der Waals surface area contributed by atoms with Crippen molar-refractivity contribution in [2.24, 2.45) is 10.4 Å². The van der Waals surface area contributed by atoms with Crippen LogP contribution in [-0.2, 0) is 11.3 Å². The van der Waals surface area contributed by atoms with Gasteiger partial charge in [0, 0.05) is 44.0 Å². The Morgan fingerprint density at radius 3 is 3.08 bits per heavy atom. The fraction of sp³-hybridized carbons (Fsp3) is 0.556. The SMILES string of the molecule is CN=C(NCc1cn2c(C)cccc2n1)N1CCC2(CCOC2)C1. The van der Waals surface area contributed by atoms with Gasteiger partial charge in [-0.25, -0.2) is 4.98 Å². The van der Waals surface area contributed by atoms with Gasteiger partial charge < -0.3 is 19.4 Å². The lowest BCUT2D eigenvalue weighted by Gasteiger charge is -2.24. The predicted molar refractivity (Wildman–Crippen MR) is 94.2 cm³/mol. The topological polar surface area (TPSA) is 54.2 Å². The molecule has 2 saturated heterocycles. The van der Waals surface area contributed by atoms with Crippen LogP contribution in [-0.4, -0.2) is 53.6 Å². The molecule has 0 saturated carbocycles. The number of aromatic nitrogens is 2. The molecular formula is C18H25N5O. The Kier molecular flexibility index (Phi) is 3.92. The molecule has 4 rings (SSSR count). The van der Waals surface area contributed by atoms with Crippen molar-refractivity contribution < 1.29 is 4.74 Å². The Hall–Kier alpha value is -2.08. The number of aliphatic imine (C=N–C) groups is 1. The highest BCUT2D eigenvalue weighted by atomic mass is 16.5. The summed E-state index contributed by atoms with van der Waals surface area (Å²) in [7, 11) is 1.85. The van der Waals surface area contributed by atoms with Gasteiger partial charge >= 0.3 is 0 Å². The van der Waals surface area contributed by atoms with Gasteiger partial charge in [0.15, 0.2) is 5.96 Å². The van der Waals surface area contributed by atoms with Crippen molar-refractivity contribution >= 4 is 11.6 Å². The van der Waals surface area contributed by atoms with Crippen molar-refractivity contribution in [2.75, 3.05) is 33.4 Å². The molecule has 1 atom stereocenters. The van der Waals surface area contributed by atoms with Gasteiger partial charge in [-0.3, -0.25) is 4.99 Å². The maximum atomic E-state index is 5.62. The molecule has 0 aromatic carbocycles. The van der Waals surface area contributed by atoms with Crippen LogP contribution in [0.3, 0.4) is 0 Å². The summed E-state index contributed by atoms with van der Waals surface area (Å²) < 4.78 is 7.74. The summed E-state index contributed by atoms with van der Waals surface area (Å²) in [6, 6.07) is 6.18. The van der Waals surface area contributed by atoms with Crippen LogP contribution in [0.2, 0.25) is 0 Å². The molecule has 1 N–H and O–H groups in total. The Labute approximate surface area is 142 Å². The Morgan fingerprint density at radius 1 is 1.42 bits per heavy atom. The number of hydrogen-bond acceptors (Lipinski definition) is 3. The minimum Gasteiger partial charge on any atom is -0.381 e. The molecule has 128 valence electrons. The first kappa shape index (κ1) is 15.4. The van der Waals surface area contributed by atoms with Gasteiger partial charge in [0.2, 0.25) is 0 Å². The molecular weight excluding hydrogens is 302 g/mol. The zero-order chi connectivity index (χ0) is 16.6. The van der Waals surface area contributed by atoms with Crippen molar-refractivity contribution in [1.82, 2.24) is 19.6 Å². The lowest BCUT2D eigenvalue weighted by Crippen LogP contribution is -2.41. The summed E-state index contributed by atoms with van der Waals surface area (Å²) in [5.74, 6) is 0.965. The van der Waals surface area contributed by atoms with Crippen LogP contribution >= 0.6 is 0 Å². The predicted octanol–water partition coefficient (Wildman–Crippen LogP) is 1.83. The molecule has 2 fully saturated rings. The van der Waals surface area contributed by atoms with Crippen molar-refractivity contribution in [3.05, 3.63) is 35.8 Å². The average molecular weight is 327 g/mol. The summed E-state index contributed by atoms with van der Waals surface area (Å²) >= 11 is 0. The highest BCUT2D eigenvalue weighted by molar-refractivity contribution is 5.80. The lowest BCUT2D eigenvalue weighted by molar-refractivity contribution is 0.156. The van der Waals surface area contributed by atoms with E-state index in [2.05, 4.69) is 43.8 Å². The van der Waals surface area contributed by atoms with E-state index in [-0.39, 0.29) is 0 Å². The molecule has 0 bridgehead atoms. The van der Waals surface area contributed by atoms with Crippen molar-refractivity contribution in [1.29, 1.82) is 0 Å². The van der Waals surface area contributed by atoms with Crippen LogP contribution in [0.1, 0.15) is 24.2 Å². The zero-order valence-electron chi connectivity index (χ0n) is 14.5. The van der Waals surface area contributed by atoms with Crippen molar-refractivity contribution in [3.63, 3.8) is 0 Å². The molecule has 24 heavy (non-hydrogen) atoms. The van der Waals surface area contributed by atoms with Crippen LogP contribution in [0, 0.1) is 12.3 Å². The minimum atomic E-state index is 0.345. The fourth-order valence-corrected chi connectivity index (χ4v) is 3.87. The standard InChI is InChI=1S/C18H25N5O/c1-14-4-3-5-16-21-15(11-23(14)16)10-20-17(19-2)22-8-6-18(12-22)7-9-24-13-18/h3-5,11H,6-10,12-13H2,1-2H3,(H,19,20).